The van der Waals surface area contributed by atoms with E-state index in [-0.39, 0.29) is 12.1 Å². The van der Waals surface area contributed by atoms with Crippen molar-refractivity contribution in [2.45, 2.75) is 118 Å². The lowest BCUT2D eigenvalue weighted by Crippen LogP contribution is -2.50. The summed E-state index contributed by atoms with van der Waals surface area (Å²) in [6.07, 6.45) is 17.3. The van der Waals surface area contributed by atoms with E-state index in [1.807, 2.05) is 5.57 Å². The van der Waals surface area contributed by atoms with E-state index in [2.05, 4.69) is 40.7 Å². The molecule has 0 unspecified atom stereocenters. The highest BCUT2D eigenvalue weighted by atomic mass is 16.5. The van der Waals surface area contributed by atoms with Gasteiger partial charge >= 0.3 is 5.97 Å². The number of rotatable bonds is 6. The van der Waals surface area contributed by atoms with Crippen LogP contribution in [0.5, 0.6) is 0 Å². The number of ether oxygens (including phenoxy) is 1. The van der Waals surface area contributed by atoms with Gasteiger partial charge in [-0.3, -0.25) is 4.79 Å². The summed E-state index contributed by atoms with van der Waals surface area (Å²) in [6.45, 7) is 14.1. The quantitative estimate of drug-likeness (QED) is 0.317. The van der Waals surface area contributed by atoms with Crippen LogP contribution in [0, 0.1) is 46.3 Å². The molecule has 4 aliphatic carbocycles. The summed E-state index contributed by atoms with van der Waals surface area (Å²) in [7, 11) is 0. The predicted octanol–water partition coefficient (Wildman–Crippen LogP) is 7.96. The first kappa shape index (κ1) is 23.4. The molecular formula is C29H48O2. The Labute approximate surface area is 192 Å². The Morgan fingerprint density at radius 3 is 2.45 bits per heavy atom. The van der Waals surface area contributed by atoms with E-state index in [4.69, 9.17) is 4.74 Å². The Balaban J connectivity index is 1.47. The number of hydrogen-bond donors (Lipinski definition) is 0. The zero-order valence-corrected chi connectivity index (χ0v) is 21.2. The molecule has 31 heavy (non-hydrogen) atoms. The highest BCUT2D eigenvalue weighted by molar-refractivity contribution is 5.66. The van der Waals surface area contributed by atoms with E-state index in [0.29, 0.717) is 16.7 Å². The first-order chi connectivity index (χ1) is 14.6. The van der Waals surface area contributed by atoms with Crippen molar-refractivity contribution >= 4 is 5.97 Å². The van der Waals surface area contributed by atoms with Crippen LogP contribution < -0.4 is 0 Å². The van der Waals surface area contributed by atoms with Crippen molar-refractivity contribution in [3.05, 3.63) is 11.6 Å². The molecule has 4 rings (SSSR count). The van der Waals surface area contributed by atoms with Crippen molar-refractivity contribution in [1.82, 2.24) is 0 Å². The molecule has 0 aromatic carbocycles. The SMILES string of the molecule is CC(=O)O[C@H]1CC[C@@]2(C)[C@@H](CC=C3[C@H]4CC[C@H]([C@H](C)CCCC(C)C)[C@@]4(C)CC[C@@H]32)C1. The third-order valence-electron chi connectivity index (χ3n) is 10.6. The molecule has 3 fully saturated rings. The van der Waals surface area contributed by atoms with Crippen LogP contribution in [-0.4, -0.2) is 12.1 Å². The minimum Gasteiger partial charge on any atom is -0.463 e. The van der Waals surface area contributed by atoms with Gasteiger partial charge in [-0.2, -0.15) is 0 Å². The molecule has 4 aliphatic rings. The fourth-order valence-electron chi connectivity index (χ4n) is 8.84. The molecule has 0 amide bonds. The topological polar surface area (TPSA) is 26.3 Å². The van der Waals surface area contributed by atoms with Crippen LogP contribution in [0.1, 0.15) is 112 Å². The van der Waals surface area contributed by atoms with Crippen molar-refractivity contribution < 1.29 is 9.53 Å². The van der Waals surface area contributed by atoms with Gasteiger partial charge in [-0.1, -0.05) is 65.5 Å². The van der Waals surface area contributed by atoms with Gasteiger partial charge in [-0.25, -0.2) is 0 Å². The average molecular weight is 429 g/mol. The molecule has 0 radical (unpaired) electrons. The largest absolute Gasteiger partial charge is 0.463 e. The lowest BCUT2D eigenvalue weighted by atomic mass is 9.47. The van der Waals surface area contributed by atoms with Gasteiger partial charge in [0.2, 0.25) is 0 Å². The number of carbonyl (C=O) groups is 1. The maximum absolute atomic E-state index is 11.5. The maximum Gasteiger partial charge on any atom is 0.302 e. The van der Waals surface area contributed by atoms with E-state index in [9.17, 15) is 4.79 Å². The minimum absolute atomic E-state index is 0.103. The Kier molecular flexibility index (Phi) is 6.68. The molecule has 0 aliphatic heterocycles. The molecule has 0 spiro atoms. The van der Waals surface area contributed by atoms with E-state index < -0.39 is 0 Å². The van der Waals surface area contributed by atoms with Crippen molar-refractivity contribution in [2.24, 2.45) is 46.3 Å². The summed E-state index contributed by atoms with van der Waals surface area (Å²) in [5.41, 5.74) is 2.80. The standard InChI is InChI=1S/C29H48O2/c1-19(2)8-7-9-20(3)25-12-13-26-24-11-10-22-18-23(31-21(4)30)14-16-28(22,5)27(24)15-17-29(25,26)6/h11,19-20,22-23,25-27H,7-10,12-18H2,1-6H3/t20-,22+,23+,25-,26-,27+,28+,29-/m1/s1. The summed E-state index contributed by atoms with van der Waals surface area (Å²) in [4.78, 5) is 11.5. The van der Waals surface area contributed by atoms with Gasteiger partial charge in [0, 0.05) is 6.92 Å². The number of hydrogen-bond acceptors (Lipinski definition) is 2. The van der Waals surface area contributed by atoms with Crippen molar-refractivity contribution in [3.63, 3.8) is 0 Å². The number of esters is 1. The molecule has 2 nitrogen and oxygen atoms in total. The zero-order chi connectivity index (χ0) is 22.4. The molecule has 0 bridgehead atoms. The van der Waals surface area contributed by atoms with Crippen molar-refractivity contribution in [3.8, 4) is 0 Å². The second-order valence-electron chi connectivity index (χ2n) is 12.8. The van der Waals surface area contributed by atoms with Crippen LogP contribution in [0.25, 0.3) is 0 Å². The fraction of sp³-hybridized carbons (Fsp3) is 0.897. The maximum atomic E-state index is 11.5. The molecule has 8 atom stereocenters. The zero-order valence-electron chi connectivity index (χ0n) is 21.2. The van der Waals surface area contributed by atoms with Crippen LogP contribution in [-0.2, 0) is 9.53 Å². The molecular weight excluding hydrogens is 380 g/mol. The first-order valence-electron chi connectivity index (χ1n) is 13.5. The van der Waals surface area contributed by atoms with Crippen LogP contribution in [0.3, 0.4) is 0 Å². The lowest BCUT2D eigenvalue weighted by molar-refractivity contribution is -0.152. The van der Waals surface area contributed by atoms with Crippen LogP contribution >= 0.6 is 0 Å². The Bertz CT molecular complexity index is 693. The second kappa shape index (κ2) is 8.86. The number of fused-ring (bicyclic) bond motifs is 5. The molecule has 3 saturated carbocycles. The van der Waals surface area contributed by atoms with Gasteiger partial charge in [0.1, 0.15) is 6.10 Å². The van der Waals surface area contributed by atoms with Crippen molar-refractivity contribution in [2.75, 3.05) is 0 Å². The highest BCUT2D eigenvalue weighted by Gasteiger charge is 2.58. The minimum atomic E-state index is -0.103. The second-order valence-corrected chi connectivity index (χ2v) is 12.8. The van der Waals surface area contributed by atoms with Crippen molar-refractivity contribution in [1.29, 1.82) is 0 Å². The smallest absolute Gasteiger partial charge is 0.302 e. The predicted molar refractivity (Wildman–Crippen MR) is 129 cm³/mol. The van der Waals surface area contributed by atoms with Gasteiger partial charge in [-0.15, -0.1) is 0 Å². The fourth-order valence-corrected chi connectivity index (χ4v) is 8.84. The summed E-state index contributed by atoms with van der Waals surface area (Å²) in [5, 5.41) is 0. The van der Waals surface area contributed by atoms with E-state index in [0.717, 1.165) is 42.4 Å². The van der Waals surface area contributed by atoms with Gasteiger partial charge < -0.3 is 4.74 Å². The normalized spacial score (nSPS) is 42.9. The Morgan fingerprint density at radius 2 is 1.74 bits per heavy atom. The molecule has 0 aromatic rings. The molecule has 0 heterocycles. The van der Waals surface area contributed by atoms with Gasteiger partial charge in [0.15, 0.2) is 0 Å². The van der Waals surface area contributed by atoms with Gasteiger partial charge in [-0.05, 0) is 97.7 Å². The monoisotopic (exact) mass is 428 g/mol. The lowest BCUT2D eigenvalue weighted by Gasteiger charge is -2.58. The third-order valence-corrected chi connectivity index (χ3v) is 10.6. The summed E-state index contributed by atoms with van der Waals surface area (Å²) in [6, 6.07) is 0. The van der Waals surface area contributed by atoms with Crippen LogP contribution in [0.2, 0.25) is 0 Å². The first-order valence-corrected chi connectivity index (χ1v) is 13.5. The molecule has 0 saturated heterocycles. The van der Waals surface area contributed by atoms with Gasteiger partial charge in [0.05, 0.1) is 0 Å². The number of carbonyl (C=O) groups excluding carboxylic acids is 1. The summed E-state index contributed by atoms with van der Waals surface area (Å²) < 4.78 is 5.63. The van der Waals surface area contributed by atoms with E-state index in [1.165, 1.54) is 57.8 Å². The average Bonchev–Trinajstić information content (AvgIpc) is 3.05. The number of allylic oxidation sites excluding steroid dienone is 2. The summed E-state index contributed by atoms with van der Waals surface area (Å²) >= 11 is 0. The van der Waals surface area contributed by atoms with E-state index >= 15 is 0 Å². The Hall–Kier alpha value is -0.790. The molecule has 0 aromatic heterocycles. The van der Waals surface area contributed by atoms with E-state index in [1.54, 1.807) is 6.92 Å². The molecule has 176 valence electrons. The van der Waals surface area contributed by atoms with Crippen LogP contribution in [0.4, 0.5) is 0 Å². The summed E-state index contributed by atoms with van der Waals surface area (Å²) in [5.74, 6) is 4.81. The Morgan fingerprint density at radius 1 is 1.03 bits per heavy atom. The van der Waals surface area contributed by atoms with Crippen LogP contribution in [0.15, 0.2) is 11.6 Å². The third kappa shape index (κ3) is 4.26. The molecule has 0 N–H and O–H groups in total. The van der Waals surface area contributed by atoms with Gasteiger partial charge in [0.25, 0.3) is 0 Å². The molecule has 2 heteroatoms. The highest BCUT2D eigenvalue weighted by Crippen LogP contribution is 2.67.